The second-order valence-corrected chi connectivity index (χ2v) is 8.54. The van der Waals surface area contributed by atoms with E-state index in [0.29, 0.717) is 24.8 Å². The van der Waals surface area contributed by atoms with Crippen LogP contribution in [0.3, 0.4) is 0 Å². The summed E-state index contributed by atoms with van der Waals surface area (Å²) in [5, 5.41) is 4.51. The minimum absolute atomic E-state index is 0.186. The second-order valence-electron chi connectivity index (χ2n) is 6.60. The number of pyridine rings is 1. The van der Waals surface area contributed by atoms with Gasteiger partial charge in [-0.05, 0) is 30.0 Å². The average Bonchev–Trinajstić information content (AvgIpc) is 2.66. The molecular weight excluding hydrogens is 360 g/mol. The number of aromatic nitrogens is 1. The van der Waals surface area contributed by atoms with Crippen LogP contribution in [0.25, 0.3) is 0 Å². The maximum Gasteiger partial charge on any atom is 0.244 e. The topological polar surface area (TPSA) is 74.7 Å². The minimum atomic E-state index is -3.50. The molecule has 6 nitrogen and oxygen atoms in total. The lowest BCUT2D eigenvalue weighted by Gasteiger charge is -2.18. The van der Waals surface area contributed by atoms with E-state index in [4.69, 9.17) is 0 Å². The molecule has 0 atom stereocenters. The molecule has 0 fully saturated rings. The van der Waals surface area contributed by atoms with E-state index in [1.807, 2.05) is 44.2 Å². The van der Waals surface area contributed by atoms with Gasteiger partial charge in [0.05, 0.1) is 5.71 Å². The fourth-order valence-electron chi connectivity index (χ4n) is 2.68. The molecule has 1 N–H and O–H groups in total. The number of hydrogen-bond donors (Lipinski definition) is 1. The molecule has 2 aromatic rings. The van der Waals surface area contributed by atoms with Crippen LogP contribution in [0.15, 0.2) is 58.7 Å². The number of rotatable bonds is 9. The highest BCUT2D eigenvalue weighted by atomic mass is 32.2. The molecule has 0 amide bonds. The highest BCUT2D eigenvalue weighted by molar-refractivity contribution is 7.89. The minimum Gasteiger partial charge on any atom is -0.261 e. The quantitative estimate of drug-likeness (QED) is 0.521. The largest absolute Gasteiger partial charge is 0.261 e. The van der Waals surface area contributed by atoms with Gasteiger partial charge in [-0.15, -0.1) is 0 Å². The summed E-state index contributed by atoms with van der Waals surface area (Å²) in [4.78, 5) is 4.40. The lowest BCUT2D eigenvalue weighted by atomic mass is 10.0. The Morgan fingerprint density at radius 1 is 1.11 bits per heavy atom. The number of hydrogen-bond acceptors (Lipinski definition) is 5. The molecule has 0 aliphatic rings. The molecule has 0 bridgehead atoms. The van der Waals surface area contributed by atoms with Crippen LogP contribution >= 0.6 is 0 Å². The van der Waals surface area contributed by atoms with Crippen LogP contribution < -0.4 is 5.43 Å². The zero-order chi connectivity index (χ0) is 19.9. The first kappa shape index (κ1) is 21.1. The summed E-state index contributed by atoms with van der Waals surface area (Å²) in [5.41, 5.74) is 4.95. The summed E-state index contributed by atoms with van der Waals surface area (Å²) in [5.74, 6) is 0.964. The third kappa shape index (κ3) is 5.61. The van der Waals surface area contributed by atoms with Gasteiger partial charge in [-0.2, -0.15) is 9.41 Å². The maximum atomic E-state index is 12.5. The Hall–Kier alpha value is -2.25. The van der Waals surface area contributed by atoms with Gasteiger partial charge < -0.3 is 0 Å². The SMILES string of the molecule is CCN(CC)S(=O)(=O)c1ccc(NN=C(CC(C)C)c2ccccc2)nc1. The van der Waals surface area contributed by atoms with Crippen LogP contribution in [-0.2, 0) is 10.0 Å². The standard InChI is InChI=1S/C20H28N4O2S/c1-5-24(6-2)27(25,26)18-12-13-20(21-15-18)23-22-19(14-16(3)4)17-10-8-7-9-11-17/h7-13,15-16H,5-6,14H2,1-4H3,(H,21,23). The Kier molecular flexibility index (Phi) is 7.50. The van der Waals surface area contributed by atoms with E-state index in [-0.39, 0.29) is 4.90 Å². The first-order chi connectivity index (χ1) is 12.9. The van der Waals surface area contributed by atoms with Crippen LogP contribution in [0.4, 0.5) is 5.82 Å². The molecule has 0 spiro atoms. The number of nitrogens with zero attached hydrogens (tertiary/aromatic N) is 3. The number of sulfonamides is 1. The van der Waals surface area contributed by atoms with E-state index >= 15 is 0 Å². The molecule has 0 saturated carbocycles. The van der Waals surface area contributed by atoms with Gasteiger partial charge in [0.25, 0.3) is 0 Å². The smallest absolute Gasteiger partial charge is 0.244 e. The summed E-state index contributed by atoms with van der Waals surface area (Å²) in [6.07, 6.45) is 2.20. The molecule has 7 heteroatoms. The molecule has 0 aliphatic carbocycles. The lowest BCUT2D eigenvalue weighted by molar-refractivity contribution is 0.445. The van der Waals surface area contributed by atoms with Gasteiger partial charge in [-0.1, -0.05) is 58.0 Å². The van der Waals surface area contributed by atoms with Crippen molar-refractivity contribution in [2.75, 3.05) is 18.5 Å². The van der Waals surface area contributed by atoms with Crippen molar-refractivity contribution in [3.8, 4) is 0 Å². The van der Waals surface area contributed by atoms with Crippen LogP contribution in [0.1, 0.15) is 39.7 Å². The molecule has 0 aliphatic heterocycles. The van der Waals surface area contributed by atoms with Crippen LogP contribution in [0.5, 0.6) is 0 Å². The second kappa shape index (κ2) is 9.62. The molecule has 0 radical (unpaired) electrons. The summed E-state index contributed by atoms with van der Waals surface area (Å²) < 4.78 is 26.4. The van der Waals surface area contributed by atoms with Crippen LogP contribution in [0.2, 0.25) is 0 Å². The summed E-state index contributed by atoms with van der Waals surface area (Å²) in [7, 11) is -3.50. The van der Waals surface area contributed by atoms with Gasteiger partial charge in [0.1, 0.15) is 10.7 Å². The first-order valence-electron chi connectivity index (χ1n) is 9.22. The third-order valence-corrected chi connectivity index (χ3v) is 6.13. The summed E-state index contributed by atoms with van der Waals surface area (Å²) >= 11 is 0. The van der Waals surface area contributed by atoms with Gasteiger partial charge in [-0.25, -0.2) is 13.4 Å². The fraction of sp³-hybridized carbons (Fsp3) is 0.400. The average molecular weight is 389 g/mol. The van der Waals surface area contributed by atoms with Gasteiger partial charge in [0.2, 0.25) is 10.0 Å². The first-order valence-corrected chi connectivity index (χ1v) is 10.7. The number of hydrazone groups is 1. The van der Waals surface area contributed by atoms with Crippen molar-refractivity contribution in [3.05, 3.63) is 54.2 Å². The number of anilines is 1. The Bertz CT molecular complexity index is 843. The van der Waals surface area contributed by atoms with E-state index in [0.717, 1.165) is 17.7 Å². The van der Waals surface area contributed by atoms with Crippen molar-refractivity contribution in [1.29, 1.82) is 0 Å². The van der Waals surface area contributed by atoms with Gasteiger partial charge >= 0.3 is 0 Å². The molecule has 27 heavy (non-hydrogen) atoms. The Balaban J connectivity index is 2.20. The maximum absolute atomic E-state index is 12.5. The summed E-state index contributed by atoms with van der Waals surface area (Å²) in [6.45, 7) is 8.78. The summed E-state index contributed by atoms with van der Waals surface area (Å²) in [6, 6.07) is 13.2. The zero-order valence-electron chi connectivity index (χ0n) is 16.4. The molecule has 0 saturated heterocycles. The predicted octanol–water partition coefficient (Wildman–Crippen LogP) is 3.97. The van der Waals surface area contributed by atoms with Crippen molar-refractivity contribution in [1.82, 2.24) is 9.29 Å². The number of benzene rings is 1. The highest BCUT2D eigenvalue weighted by Crippen LogP contribution is 2.17. The molecule has 2 rings (SSSR count). The van der Waals surface area contributed by atoms with Gasteiger partial charge in [-0.3, -0.25) is 5.43 Å². The van der Waals surface area contributed by atoms with Crippen molar-refractivity contribution in [2.24, 2.45) is 11.0 Å². The molecule has 0 unspecified atom stereocenters. The molecule has 1 heterocycles. The highest BCUT2D eigenvalue weighted by Gasteiger charge is 2.21. The normalized spacial score (nSPS) is 12.6. The lowest BCUT2D eigenvalue weighted by Crippen LogP contribution is -2.30. The number of nitrogens with one attached hydrogen (secondary N) is 1. The third-order valence-electron chi connectivity index (χ3n) is 4.09. The van der Waals surface area contributed by atoms with Crippen molar-refractivity contribution < 1.29 is 8.42 Å². The molecular formula is C20H28N4O2S. The van der Waals surface area contributed by atoms with Crippen molar-refractivity contribution in [2.45, 2.75) is 39.0 Å². The zero-order valence-corrected chi connectivity index (χ0v) is 17.2. The molecule has 1 aromatic carbocycles. The van der Waals surface area contributed by atoms with Gasteiger partial charge in [0, 0.05) is 19.3 Å². The predicted molar refractivity (Wildman–Crippen MR) is 110 cm³/mol. The van der Waals surface area contributed by atoms with E-state index in [2.05, 4.69) is 29.4 Å². The molecule has 146 valence electrons. The Morgan fingerprint density at radius 2 is 1.78 bits per heavy atom. The van der Waals surface area contributed by atoms with Crippen molar-refractivity contribution in [3.63, 3.8) is 0 Å². The Morgan fingerprint density at radius 3 is 2.30 bits per heavy atom. The Labute approximate surface area is 162 Å². The fourth-order valence-corrected chi connectivity index (χ4v) is 4.09. The van der Waals surface area contributed by atoms with Crippen LogP contribution in [0, 0.1) is 5.92 Å². The van der Waals surface area contributed by atoms with Crippen molar-refractivity contribution >= 4 is 21.6 Å². The molecule has 1 aromatic heterocycles. The van der Waals surface area contributed by atoms with Crippen LogP contribution in [-0.4, -0.2) is 36.5 Å². The monoisotopic (exact) mass is 388 g/mol. The van der Waals surface area contributed by atoms with E-state index in [1.54, 1.807) is 12.1 Å². The van der Waals surface area contributed by atoms with E-state index < -0.39 is 10.0 Å². The van der Waals surface area contributed by atoms with Gasteiger partial charge in [0.15, 0.2) is 0 Å². The van der Waals surface area contributed by atoms with E-state index in [1.165, 1.54) is 10.5 Å². The van der Waals surface area contributed by atoms with E-state index in [9.17, 15) is 8.42 Å².